The third-order valence-corrected chi connectivity index (χ3v) is 3.97. The number of hydrogen-bond donors (Lipinski definition) is 1. The van der Waals surface area contributed by atoms with Crippen LogP contribution in [0.1, 0.15) is 28.3 Å². The molecule has 1 aliphatic rings. The lowest BCUT2D eigenvalue weighted by atomic mass is 9.91. The van der Waals surface area contributed by atoms with Crippen molar-refractivity contribution >= 4 is 17.0 Å². The predicted molar refractivity (Wildman–Crippen MR) is 80.4 cm³/mol. The summed E-state index contributed by atoms with van der Waals surface area (Å²) in [7, 11) is 0. The van der Waals surface area contributed by atoms with Gasteiger partial charge in [0.1, 0.15) is 0 Å². The number of aromatic nitrogens is 1. The first kappa shape index (κ1) is 10.6. The Bertz CT molecular complexity index is 792. The molecule has 4 rings (SSSR count). The lowest BCUT2D eigenvalue weighted by molar-refractivity contribution is 1.07. The zero-order chi connectivity index (χ0) is 12.8. The molecule has 0 aliphatic heterocycles. The lowest BCUT2D eigenvalue weighted by Crippen LogP contribution is -1.96. The van der Waals surface area contributed by atoms with Gasteiger partial charge in [-0.25, -0.2) is 0 Å². The van der Waals surface area contributed by atoms with Crippen molar-refractivity contribution in [3.63, 3.8) is 0 Å². The minimum atomic E-state index is 0.384. The summed E-state index contributed by atoms with van der Waals surface area (Å²) in [6.45, 7) is 2.11. The Morgan fingerprint density at radius 3 is 2.74 bits per heavy atom. The van der Waals surface area contributed by atoms with Crippen molar-refractivity contribution in [2.75, 3.05) is 0 Å². The summed E-state index contributed by atoms with van der Waals surface area (Å²) in [5, 5.41) is 1.34. The normalized spacial score (nSPS) is 17.0. The molecule has 1 nitrogen and oxygen atoms in total. The van der Waals surface area contributed by atoms with Gasteiger partial charge in [0, 0.05) is 22.5 Å². The van der Waals surface area contributed by atoms with E-state index in [2.05, 4.69) is 72.6 Å². The van der Waals surface area contributed by atoms with E-state index in [4.69, 9.17) is 0 Å². The molecule has 1 heterocycles. The smallest absolute Gasteiger partial charge is 0.0459 e. The molecule has 0 amide bonds. The number of rotatable bonds is 1. The quantitative estimate of drug-likeness (QED) is 0.643. The molecule has 2 aromatic carbocycles. The number of hydrogen-bond acceptors (Lipinski definition) is 0. The number of aryl methyl sites for hydroxylation is 1. The Morgan fingerprint density at radius 1 is 0.947 bits per heavy atom. The third-order valence-electron chi connectivity index (χ3n) is 3.97. The highest BCUT2D eigenvalue weighted by molar-refractivity contribution is 5.86. The van der Waals surface area contributed by atoms with Gasteiger partial charge in [-0.1, -0.05) is 48.6 Å². The minimum Gasteiger partial charge on any atom is -0.359 e. The maximum Gasteiger partial charge on any atom is 0.0459 e. The largest absolute Gasteiger partial charge is 0.359 e. The van der Waals surface area contributed by atoms with Crippen LogP contribution in [0.15, 0.2) is 54.6 Å². The molecule has 1 aliphatic carbocycles. The van der Waals surface area contributed by atoms with Crippen LogP contribution in [-0.4, -0.2) is 4.98 Å². The standard InChI is InChI=1S/C18H15N/c1-12-11-17-15(7-4-8-18(17)19-12)16-10-9-13-5-2-3-6-14(13)16/h2-11,16,19H,1H3. The van der Waals surface area contributed by atoms with E-state index in [1.165, 1.54) is 33.3 Å². The van der Waals surface area contributed by atoms with Gasteiger partial charge in [0.25, 0.3) is 0 Å². The summed E-state index contributed by atoms with van der Waals surface area (Å²) < 4.78 is 0. The maximum absolute atomic E-state index is 3.42. The topological polar surface area (TPSA) is 15.8 Å². The first-order valence-corrected chi connectivity index (χ1v) is 6.68. The fourth-order valence-corrected chi connectivity index (χ4v) is 3.11. The lowest BCUT2D eigenvalue weighted by Gasteiger charge is -2.12. The first-order chi connectivity index (χ1) is 9.33. The van der Waals surface area contributed by atoms with Crippen LogP contribution in [0, 0.1) is 6.92 Å². The third kappa shape index (κ3) is 1.55. The molecule has 1 heteroatoms. The molecule has 92 valence electrons. The second kappa shape index (κ2) is 3.86. The molecule has 0 saturated carbocycles. The van der Waals surface area contributed by atoms with E-state index in [-0.39, 0.29) is 0 Å². The van der Waals surface area contributed by atoms with Gasteiger partial charge in [-0.2, -0.15) is 0 Å². The van der Waals surface area contributed by atoms with Crippen LogP contribution >= 0.6 is 0 Å². The highest BCUT2D eigenvalue weighted by atomic mass is 14.7. The predicted octanol–water partition coefficient (Wildman–Crippen LogP) is 4.64. The Hall–Kier alpha value is -2.28. The van der Waals surface area contributed by atoms with E-state index in [0.717, 1.165) is 0 Å². The van der Waals surface area contributed by atoms with Crippen molar-refractivity contribution in [2.45, 2.75) is 12.8 Å². The molecular weight excluding hydrogens is 230 g/mol. The van der Waals surface area contributed by atoms with Crippen LogP contribution in [0.5, 0.6) is 0 Å². The molecule has 19 heavy (non-hydrogen) atoms. The van der Waals surface area contributed by atoms with E-state index >= 15 is 0 Å². The summed E-state index contributed by atoms with van der Waals surface area (Å²) in [5.41, 5.74) is 6.60. The zero-order valence-corrected chi connectivity index (χ0v) is 10.9. The number of fused-ring (bicyclic) bond motifs is 2. The van der Waals surface area contributed by atoms with E-state index in [1.54, 1.807) is 0 Å². The van der Waals surface area contributed by atoms with Crippen LogP contribution in [-0.2, 0) is 0 Å². The average molecular weight is 245 g/mol. The number of benzene rings is 2. The van der Waals surface area contributed by atoms with Crippen LogP contribution in [0.4, 0.5) is 0 Å². The molecule has 1 unspecified atom stereocenters. The van der Waals surface area contributed by atoms with Crippen LogP contribution in [0.3, 0.4) is 0 Å². The van der Waals surface area contributed by atoms with Gasteiger partial charge in [-0.3, -0.25) is 0 Å². The monoisotopic (exact) mass is 245 g/mol. The van der Waals surface area contributed by atoms with E-state index in [9.17, 15) is 0 Å². The van der Waals surface area contributed by atoms with Crippen LogP contribution < -0.4 is 0 Å². The fraction of sp³-hybridized carbons (Fsp3) is 0.111. The van der Waals surface area contributed by atoms with Gasteiger partial charge in [0.2, 0.25) is 0 Å². The van der Waals surface area contributed by atoms with E-state index < -0.39 is 0 Å². The highest BCUT2D eigenvalue weighted by Gasteiger charge is 2.20. The van der Waals surface area contributed by atoms with Crippen molar-refractivity contribution in [3.05, 3.63) is 77.0 Å². The maximum atomic E-state index is 3.42. The van der Waals surface area contributed by atoms with Gasteiger partial charge >= 0.3 is 0 Å². The van der Waals surface area contributed by atoms with E-state index in [1.807, 2.05) is 0 Å². The van der Waals surface area contributed by atoms with Crippen LogP contribution in [0.2, 0.25) is 0 Å². The zero-order valence-electron chi connectivity index (χ0n) is 10.9. The number of nitrogens with one attached hydrogen (secondary N) is 1. The van der Waals surface area contributed by atoms with Crippen molar-refractivity contribution in [1.29, 1.82) is 0 Å². The molecule has 0 spiro atoms. The molecule has 3 aromatic rings. The molecule has 1 N–H and O–H groups in total. The first-order valence-electron chi connectivity index (χ1n) is 6.68. The average Bonchev–Trinajstić information content (AvgIpc) is 3.00. The van der Waals surface area contributed by atoms with Crippen molar-refractivity contribution in [1.82, 2.24) is 4.98 Å². The Morgan fingerprint density at radius 2 is 1.79 bits per heavy atom. The molecule has 0 fully saturated rings. The highest BCUT2D eigenvalue weighted by Crippen LogP contribution is 2.38. The number of H-pyrrole nitrogens is 1. The SMILES string of the molecule is Cc1cc2c(C3C=Cc4ccccc43)cccc2[nH]1. The molecule has 1 aromatic heterocycles. The summed E-state index contributed by atoms with van der Waals surface area (Å²) in [5.74, 6) is 0.384. The van der Waals surface area contributed by atoms with Crippen molar-refractivity contribution < 1.29 is 0 Å². The minimum absolute atomic E-state index is 0.384. The van der Waals surface area contributed by atoms with Crippen LogP contribution in [0.25, 0.3) is 17.0 Å². The number of aromatic amines is 1. The molecule has 0 bridgehead atoms. The van der Waals surface area contributed by atoms with Gasteiger partial charge in [-0.15, -0.1) is 0 Å². The summed E-state index contributed by atoms with van der Waals surface area (Å²) in [6, 6.07) is 17.4. The fourth-order valence-electron chi connectivity index (χ4n) is 3.11. The second-order valence-electron chi connectivity index (χ2n) is 5.23. The number of allylic oxidation sites excluding steroid dienone is 1. The Kier molecular flexibility index (Phi) is 2.16. The molecule has 0 radical (unpaired) electrons. The van der Waals surface area contributed by atoms with Gasteiger partial charge in [0.05, 0.1) is 0 Å². The Labute approximate surface area is 112 Å². The Balaban J connectivity index is 1.95. The summed E-state index contributed by atoms with van der Waals surface area (Å²) in [4.78, 5) is 3.42. The van der Waals surface area contributed by atoms with Crippen molar-refractivity contribution in [2.24, 2.45) is 0 Å². The van der Waals surface area contributed by atoms with Gasteiger partial charge in [0.15, 0.2) is 0 Å². The van der Waals surface area contributed by atoms with E-state index in [0.29, 0.717) is 5.92 Å². The summed E-state index contributed by atoms with van der Waals surface area (Å²) >= 11 is 0. The summed E-state index contributed by atoms with van der Waals surface area (Å²) in [6.07, 6.45) is 4.54. The molecule has 0 saturated heterocycles. The van der Waals surface area contributed by atoms with Gasteiger partial charge < -0.3 is 4.98 Å². The van der Waals surface area contributed by atoms with Crippen molar-refractivity contribution in [3.8, 4) is 0 Å². The molecule has 1 atom stereocenters. The second-order valence-corrected chi connectivity index (χ2v) is 5.23. The van der Waals surface area contributed by atoms with Gasteiger partial charge in [-0.05, 0) is 35.7 Å². The molecular formula is C18H15N.